The Hall–Kier alpha value is -2.60. The van der Waals surface area contributed by atoms with Crippen molar-refractivity contribution in [2.75, 3.05) is 41.7 Å². The van der Waals surface area contributed by atoms with Crippen molar-refractivity contribution in [3.63, 3.8) is 0 Å². The Morgan fingerprint density at radius 1 is 1.04 bits per heavy atom. The van der Waals surface area contributed by atoms with Crippen LogP contribution in [0, 0.1) is 0 Å². The van der Waals surface area contributed by atoms with E-state index in [0.29, 0.717) is 11.5 Å². The van der Waals surface area contributed by atoms with E-state index in [2.05, 4.69) is 18.0 Å². The predicted octanol–water partition coefficient (Wildman–Crippen LogP) is 3.19. The summed E-state index contributed by atoms with van der Waals surface area (Å²) in [6.07, 6.45) is 1.86. The lowest BCUT2D eigenvalue weighted by atomic mass is 9.76. The molecule has 2 aromatic rings. The summed E-state index contributed by atoms with van der Waals surface area (Å²) in [7, 11) is 7.15. The fourth-order valence-electron chi connectivity index (χ4n) is 4.73. The molecule has 2 aromatic carbocycles. The number of rotatable bonds is 3. The average Bonchev–Trinajstić information content (AvgIpc) is 3.16. The van der Waals surface area contributed by atoms with E-state index < -0.39 is 0 Å². The molecule has 1 aliphatic carbocycles. The van der Waals surface area contributed by atoms with E-state index in [1.807, 2.05) is 6.07 Å². The number of fused-ring (bicyclic) bond motifs is 4. The van der Waals surface area contributed by atoms with Crippen molar-refractivity contribution in [1.29, 1.82) is 0 Å². The Labute approximate surface area is 158 Å². The van der Waals surface area contributed by atoms with Crippen LogP contribution in [-0.4, -0.2) is 46.6 Å². The monoisotopic (exact) mass is 369 g/mol. The van der Waals surface area contributed by atoms with Gasteiger partial charge in [0.05, 0.1) is 21.3 Å². The molecule has 0 saturated carbocycles. The quantitative estimate of drug-likeness (QED) is 0.828. The van der Waals surface area contributed by atoms with Crippen molar-refractivity contribution < 1.29 is 23.7 Å². The predicted molar refractivity (Wildman–Crippen MR) is 100 cm³/mol. The lowest BCUT2D eigenvalue weighted by Crippen LogP contribution is -2.35. The molecule has 3 aliphatic rings. The summed E-state index contributed by atoms with van der Waals surface area (Å²) in [6, 6.07) is 4.47. The molecule has 0 saturated heterocycles. The highest BCUT2D eigenvalue weighted by atomic mass is 16.7. The molecule has 0 bridgehead atoms. The molecular weight excluding hydrogens is 346 g/mol. The highest BCUT2D eigenvalue weighted by molar-refractivity contribution is 5.87. The topological polar surface area (TPSA) is 49.4 Å². The van der Waals surface area contributed by atoms with Gasteiger partial charge in [-0.2, -0.15) is 0 Å². The van der Waals surface area contributed by atoms with Crippen LogP contribution in [-0.2, 0) is 12.8 Å². The van der Waals surface area contributed by atoms with E-state index in [1.165, 1.54) is 11.1 Å². The first-order valence-electron chi connectivity index (χ1n) is 9.15. The Balaban J connectivity index is 1.88. The number of methoxy groups -OCH3 is 3. The molecule has 2 heterocycles. The third kappa shape index (κ3) is 2.16. The molecule has 0 N–H and O–H groups in total. The molecule has 6 nitrogen and oxygen atoms in total. The van der Waals surface area contributed by atoms with Gasteiger partial charge in [-0.1, -0.05) is 0 Å². The number of likely N-dealkylation sites (N-methyl/N-ethyl adjacent to an activating group) is 1. The second kappa shape index (κ2) is 5.96. The third-order valence-corrected chi connectivity index (χ3v) is 5.99. The van der Waals surface area contributed by atoms with Crippen LogP contribution >= 0.6 is 0 Å². The molecule has 1 atom stereocenters. The first-order chi connectivity index (χ1) is 13.2. The molecular formula is C21H23NO5. The maximum absolute atomic E-state index is 5.91. The van der Waals surface area contributed by atoms with Crippen LogP contribution in [0.3, 0.4) is 0 Å². The molecule has 0 aromatic heterocycles. The van der Waals surface area contributed by atoms with Crippen molar-refractivity contribution in [3.8, 4) is 39.9 Å². The molecule has 6 heteroatoms. The highest BCUT2D eigenvalue weighted by Gasteiger charge is 2.40. The third-order valence-electron chi connectivity index (χ3n) is 5.99. The Morgan fingerprint density at radius 3 is 2.59 bits per heavy atom. The van der Waals surface area contributed by atoms with Crippen LogP contribution in [0.15, 0.2) is 12.1 Å². The van der Waals surface area contributed by atoms with Gasteiger partial charge >= 0.3 is 0 Å². The normalized spacial score (nSPS) is 19.3. The number of hydrogen-bond acceptors (Lipinski definition) is 6. The summed E-state index contributed by atoms with van der Waals surface area (Å²) in [6.45, 7) is 1.27. The minimum atomic E-state index is 0.255. The Bertz CT molecular complexity index is 939. The molecule has 5 rings (SSSR count). The second-order valence-electron chi connectivity index (χ2n) is 7.18. The van der Waals surface area contributed by atoms with Crippen LogP contribution in [0.5, 0.6) is 28.7 Å². The van der Waals surface area contributed by atoms with Gasteiger partial charge in [0, 0.05) is 23.7 Å². The van der Waals surface area contributed by atoms with E-state index in [0.717, 1.165) is 53.3 Å². The zero-order valence-corrected chi connectivity index (χ0v) is 16.0. The van der Waals surface area contributed by atoms with Gasteiger partial charge in [0.25, 0.3) is 0 Å². The molecule has 0 unspecified atom stereocenters. The number of hydrogen-bond donors (Lipinski definition) is 0. The van der Waals surface area contributed by atoms with Gasteiger partial charge in [-0.05, 0) is 48.7 Å². The van der Waals surface area contributed by atoms with Crippen LogP contribution in [0.2, 0.25) is 0 Å². The first kappa shape index (κ1) is 16.6. The van der Waals surface area contributed by atoms with Crippen molar-refractivity contribution in [2.24, 2.45) is 0 Å². The van der Waals surface area contributed by atoms with Gasteiger partial charge in [0.15, 0.2) is 23.0 Å². The van der Waals surface area contributed by atoms with Crippen LogP contribution in [0.4, 0.5) is 0 Å². The van der Waals surface area contributed by atoms with Gasteiger partial charge in [-0.25, -0.2) is 0 Å². The summed E-state index contributed by atoms with van der Waals surface area (Å²) in [5.74, 6) is 3.67. The van der Waals surface area contributed by atoms with Crippen molar-refractivity contribution >= 4 is 0 Å². The molecule has 142 valence electrons. The van der Waals surface area contributed by atoms with Gasteiger partial charge in [-0.3, -0.25) is 4.90 Å². The largest absolute Gasteiger partial charge is 0.493 e. The minimum absolute atomic E-state index is 0.255. The molecule has 27 heavy (non-hydrogen) atoms. The van der Waals surface area contributed by atoms with Gasteiger partial charge < -0.3 is 23.7 Å². The first-order valence-corrected chi connectivity index (χ1v) is 9.15. The fourth-order valence-corrected chi connectivity index (χ4v) is 4.73. The molecule has 0 amide bonds. The van der Waals surface area contributed by atoms with Crippen LogP contribution < -0.4 is 23.7 Å². The van der Waals surface area contributed by atoms with E-state index in [4.69, 9.17) is 23.7 Å². The minimum Gasteiger partial charge on any atom is -0.493 e. The standard InChI is InChI=1S/C21H23NO5/c1-22-6-5-11-7-16-20(27-10-26-16)18-12-9-15(23-2)21(25-4)19(24-3)13(12)8-14(22)17(11)18/h7,9,14H,5-6,8,10H2,1-4H3/t14-/m1/s1. The van der Waals surface area contributed by atoms with Gasteiger partial charge in [0.2, 0.25) is 12.5 Å². The lowest BCUT2D eigenvalue weighted by Gasteiger charge is -2.40. The highest BCUT2D eigenvalue weighted by Crippen LogP contribution is 2.57. The fraction of sp³-hybridized carbons (Fsp3) is 0.429. The van der Waals surface area contributed by atoms with E-state index >= 15 is 0 Å². The van der Waals surface area contributed by atoms with Crippen molar-refractivity contribution in [3.05, 3.63) is 28.8 Å². The zero-order chi connectivity index (χ0) is 18.7. The molecule has 2 aliphatic heterocycles. The lowest BCUT2D eigenvalue weighted by molar-refractivity contribution is 0.174. The average molecular weight is 369 g/mol. The number of benzene rings is 2. The SMILES string of the molecule is COc1cc2c(c(OC)c1OC)C[C@@H]1c3c(cc4c(c3-2)OCO4)CCN1C. The summed E-state index contributed by atoms with van der Waals surface area (Å²) >= 11 is 0. The molecule has 0 spiro atoms. The van der Waals surface area contributed by atoms with Gasteiger partial charge in [-0.15, -0.1) is 0 Å². The number of ether oxygens (including phenoxy) is 5. The second-order valence-corrected chi connectivity index (χ2v) is 7.18. The summed E-state index contributed by atoms with van der Waals surface area (Å²) in [4.78, 5) is 2.41. The van der Waals surface area contributed by atoms with Crippen LogP contribution in [0.25, 0.3) is 11.1 Å². The maximum atomic E-state index is 5.91. The van der Waals surface area contributed by atoms with Crippen molar-refractivity contribution in [1.82, 2.24) is 4.90 Å². The van der Waals surface area contributed by atoms with Crippen molar-refractivity contribution in [2.45, 2.75) is 18.9 Å². The maximum Gasteiger partial charge on any atom is 0.231 e. The Kier molecular flexibility index (Phi) is 3.65. The summed E-state index contributed by atoms with van der Waals surface area (Å²) in [5, 5.41) is 0. The van der Waals surface area contributed by atoms with E-state index in [9.17, 15) is 0 Å². The Morgan fingerprint density at radius 2 is 1.85 bits per heavy atom. The molecule has 0 fully saturated rings. The van der Waals surface area contributed by atoms with Crippen LogP contribution in [0.1, 0.15) is 22.7 Å². The molecule has 0 radical (unpaired) electrons. The zero-order valence-electron chi connectivity index (χ0n) is 16.0. The van der Waals surface area contributed by atoms with Gasteiger partial charge in [0.1, 0.15) is 0 Å². The summed E-state index contributed by atoms with van der Waals surface area (Å²) < 4.78 is 28.7. The smallest absolute Gasteiger partial charge is 0.231 e. The van der Waals surface area contributed by atoms with E-state index in [1.54, 1.807) is 21.3 Å². The number of nitrogens with zero attached hydrogens (tertiary/aromatic N) is 1. The van der Waals surface area contributed by atoms with E-state index in [-0.39, 0.29) is 12.8 Å². The summed E-state index contributed by atoms with van der Waals surface area (Å²) in [5.41, 5.74) is 5.99.